The first-order chi connectivity index (χ1) is 12.1. The fourth-order valence-electron chi connectivity index (χ4n) is 3.30. The van der Waals surface area contributed by atoms with Gasteiger partial charge in [0.25, 0.3) is 0 Å². The molecule has 5 nitrogen and oxygen atoms in total. The van der Waals surface area contributed by atoms with Gasteiger partial charge < -0.3 is 19.8 Å². The molecule has 5 heteroatoms. The summed E-state index contributed by atoms with van der Waals surface area (Å²) < 4.78 is 11.4. The van der Waals surface area contributed by atoms with Crippen LogP contribution in [0.15, 0.2) is 46.9 Å². The Balaban J connectivity index is 1.47. The second-order valence-electron chi connectivity index (χ2n) is 6.33. The van der Waals surface area contributed by atoms with Crippen molar-refractivity contribution in [2.75, 3.05) is 11.9 Å². The molecule has 0 saturated carbocycles. The molecule has 0 radical (unpaired) electrons. The average Bonchev–Trinajstić information content (AvgIpc) is 3.19. The number of amides is 2. The van der Waals surface area contributed by atoms with Crippen molar-refractivity contribution in [1.29, 1.82) is 0 Å². The third-order valence-corrected chi connectivity index (χ3v) is 4.57. The molecule has 1 atom stereocenters. The van der Waals surface area contributed by atoms with Gasteiger partial charge in [0.1, 0.15) is 17.1 Å². The van der Waals surface area contributed by atoms with Crippen LogP contribution < -0.4 is 15.4 Å². The lowest BCUT2D eigenvalue weighted by molar-refractivity contribution is 0.248. The fourth-order valence-corrected chi connectivity index (χ4v) is 3.30. The van der Waals surface area contributed by atoms with Gasteiger partial charge in [-0.25, -0.2) is 4.79 Å². The summed E-state index contributed by atoms with van der Waals surface area (Å²) in [7, 11) is 0. The zero-order valence-corrected chi connectivity index (χ0v) is 14.3. The summed E-state index contributed by atoms with van der Waals surface area (Å²) >= 11 is 0. The zero-order valence-electron chi connectivity index (χ0n) is 14.3. The number of para-hydroxylation sites is 1. The highest BCUT2D eigenvalue weighted by atomic mass is 16.5. The number of carbonyl (C=O) groups is 1. The molecule has 2 amide bonds. The largest absolute Gasteiger partial charge is 0.493 e. The van der Waals surface area contributed by atoms with E-state index >= 15 is 0 Å². The standard InChI is InChI=1S/C20H20N2O3/c1-12-16-5-3-4-6-18(16)25-19(12)13(2)21-20(23)22-15-7-8-17-14(11-15)9-10-24-17/h3-8,11,13H,9-10H2,1-2H3,(H2,21,22,23). The van der Waals surface area contributed by atoms with Crippen LogP contribution in [0.4, 0.5) is 10.5 Å². The van der Waals surface area contributed by atoms with Crippen LogP contribution in [0.5, 0.6) is 5.75 Å². The van der Waals surface area contributed by atoms with E-state index < -0.39 is 0 Å². The van der Waals surface area contributed by atoms with Gasteiger partial charge >= 0.3 is 6.03 Å². The second kappa shape index (κ2) is 6.16. The minimum absolute atomic E-state index is 0.231. The topological polar surface area (TPSA) is 63.5 Å². The predicted octanol–water partition coefficient (Wildman–Crippen LogP) is 4.56. The van der Waals surface area contributed by atoms with Crippen molar-refractivity contribution in [2.45, 2.75) is 26.3 Å². The van der Waals surface area contributed by atoms with Crippen molar-refractivity contribution in [1.82, 2.24) is 5.32 Å². The van der Waals surface area contributed by atoms with Crippen LogP contribution in [-0.2, 0) is 6.42 Å². The summed E-state index contributed by atoms with van der Waals surface area (Å²) in [6.45, 7) is 4.63. The van der Waals surface area contributed by atoms with Crippen molar-refractivity contribution in [2.24, 2.45) is 0 Å². The van der Waals surface area contributed by atoms with Crippen molar-refractivity contribution >= 4 is 22.7 Å². The van der Waals surface area contributed by atoms with Crippen LogP contribution in [0, 0.1) is 6.92 Å². The van der Waals surface area contributed by atoms with E-state index in [-0.39, 0.29) is 12.1 Å². The maximum Gasteiger partial charge on any atom is 0.319 e. The average molecular weight is 336 g/mol. The minimum atomic E-state index is -0.258. The number of nitrogens with one attached hydrogen (secondary N) is 2. The molecule has 3 aromatic rings. The van der Waals surface area contributed by atoms with E-state index in [1.807, 2.05) is 56.3 Å². The lowest BCUT2D eigenvalue weighted by Crippen LogP contribution is -2.31. The highest BCUT2D eigenvalue weighted by Gasteiger charge is 2.19. The van der Waals surface area contributed by atoms with Crippen molar-refractivity contribution in [3.8, 4) is 5.75 Å². The second-order valence-corrected chi connectivity index (χ2v) is 6.33. The third-order valence-electron chi connectivity index (χ3n) is 4.57. The molecule has 4 rings (SSSR count). The number of ether oxygens (including phenoxy) is 1. The molecule has 0 aliphatic carbocycles. The monoisotopic (exact) mass is 336 g/mol. The van der Waals surface area contributed by atoms with Crippen molar-refractivity contribution < 1.29 is 13.9 Å². The Morgan fingerprint density at radius 3 is 2.88 bits per heavy atom. The van der Waals surface area contributed by atoms with Gasteiger partial charge in [-0.15, -0.1) is 0 Å². The Kier molecular flexibility index (Phi) is 3.84. The molecule has 1 unspecified atom stereocenters. The molecule has 0 fully saturated rings. The van der Waals surface area contributed by atoms with Gasteiger partial charge in [0.15, 0.2) is 0 Å². The Bertz CT molecular complexity index is 945. The Morgan fingerprint density at radius 2 is 2.04 bits per heavy atom. The Morgan fingerprint density at radius 1 is 1.20 bits per heavy atom. The number of fused-ring (bicyclic) bond motifs is 2. The van der Waals surface area contributed by atoms with Gasteiger partial charge in [-0.3, -0.25) is 0 Å². The highest BCUT2D eigenvalue weighted by Crippen LogP contribution is 2.30. The van der Waals surface area contributed by atoms with Gasteiger partial charge in [0.2, 0.25) is 0 Å². The van der Waals surface area contributed by atoms with Gasteiger partial charge in [-0.2, -0.15) is 0 Å². The maximum absolute atomic E-state index is 12.3. The SMILES string of the molecule is Cc1c(C(C)NC(=O)Nc2ccc3c(c2)CCO3)oc2ccccc12. The molecule has 25 heavy (non-hydrogen) atoms. The molecule has 128 valence electrons. The molecule has 0 spiro atoms. The van der Waals surface area contributed by atoms with Crippen molar-refractivity contribution in [3.05, 3.63) is 59.4 Å². The number of benzene rings is 2. The number of carbonyl (C=O) groups excluding carboxylic acids is 1. The molecular formula is C20H20N2O3. The first-order valence-corrected chi connectivity index (χ1v) is 8.43. The molecular weight excluding hydrogens is 316 g/mol. The number of anilines is 1. The first kappa shape index (κ1) is 15.6. The summed E-state index contributed by atoms with van der Waals surface area (Å²) in [6, 6.07) is 13.1. The van der Waals surface area contributed by atoms with Crippen molar-refractivity contribution in [3.63, 3.8) is 0 Å². The lowest BCUT2D eigenvalue weighted by atomic mass is 10.1. The molecule has 2 aromatic carbocycles. The zero-order chi connectivity index (χ0) is 17.4. The van der Waals surface area contributed by atoms with Crippen LogP contribution in [0.3, 0.4) is 0 Å². The third kappa shape index (κ3) is 2.93. The van der Waals surface area contributed by atoms with Crippen LogP contribution in [0.1, 0.15) is 29.9 Å². The van der Waals surface area contributed by atoms with Crippen LogP contribution in [0.25, 0.3) is 11.0 Å². The Labute approximate surface area is 146 Å². The quantitative estimate of drug-likeness (QED) is 0.737. The molecule has 1 aliphatic heterocycles. The van der Waals surface area contributed by atoms with Crippen LogP contribution >= 0.6 is 0 Å². The predicted molar refractivity (Wildman–Crippen MR) is 97.2 cm³/mol. The normalized spacial score (nSPS) is 14.0. The van der Waals surface area contributed by atoms with Crippen LogP contribution in [-0.4, -0.2) is 12.6 Å². The fraction of sp³-hybridized carbons (Fsp3) is 0.250. The van der Waals surface area contributed by atoms with E-state index in [1.165, 1.54) is 0 Å². The van der Waals surface area contributed by atoms with E-state index in [0.29, 0.717) is 6.61 Å². The molecule has 2 heterocycles. The summed E-state index contributed by atoms with van der Waals surface area (Å²) in [5.74, 6) is 1.68. The summed E-state index contributed by atoms with van der Waals surface area (Å²) in [5.41, 5.74) is 3.77. The maximum atomic E-state index is 12.3. The highest BCUT2D eigenvalue weighted by molar-refractivity contribution is 5.90. The summed E-state index contributed by atoms with van der Waals surface area (Å²) in [5, 5.41) is 6.89. The molecule has 1 aromatic heterocycles. The van der Waals surface area contributed by atoms with E-state index in [0.717, 1.165) is 45.7 Å². The number of hydrogen-bond donors (Lipinski definition) is 2. The molecule has 0 saturated heterocycles. The van der Waals surface area contributed by atoms with E-state index in [2.05, 4.69) is 10.6 Å². The number of urea groups is 1. The molecule has 1 aliphatic rings. The number of hydrogen-bond acceptors (Lipinski definition) is 3. The van der Waals surface area contributed by atoms with Gasteiger partial charge in [-0.1, -0.05) is 18.2 Å². The first-order valence-electron chi connectivity index (χ1n) is 8.43. The van der Waals surface area contributed by atoms with Gasteiger partial charge in [-0.05, 0) is 43.7 Å². The minimum Gasteiger partial charge on any atom is -0.493 e. The lowest BCUT2D eigenvalue weighted by Gasteiger charge is -2.14. The molecule has 2 N–H and O–H groups in total. The summed E-state index contributed by atoms with van der Waals surface area (Å²) in [4.78, 5) is 12.3. The van der Waals surface area contributed by atoms with Gasteiger partial charge in [0.05, 0.1) is 12.6 Å². The number of aryl methyl sites for hydroxylation is 1. The summed E-state index contributed by atoms with van der Waals surface area (Å²) in [6.07, 6.45) is 0.876. The van der Waals surface area contributed by atoms with E-state index in [1.54, 1.807) is 0 Å². The molecule has 0 bridgehead atoms. The van der Waals surface area contributed by atoms with E-state index in [9.17, 15) is 4.79 Å². The Hall–Kier alpha value is -2.95. The van der Waals surface area contributed by atoms with E-state index in [4.69, 9.17) is 9.15 Å². The number of furan rings is 1. The number of rotatable bonds is 3. The van der Waals surface area contributed by atoms with Gasteiger partial charge in [0, 0.05) is 23.1 Å². The van der Waals surface area contributed by atoms with Crippen LogP contribution in [0.2, 0.25) is 0 Å². The smallest absolute Gasteiger partial charge is 0.319 e.